The van der Waals surface area contributed by atoms with Crippen LogP contribution in [0.15, 0.2) is 29.3 Å². The molecule has 2 saturated heterocycles. The first kappa shape index (κ1) is 21.1. The lowest BCUT2D eigenvalue weighted by atomic mass is 10.0. The molecule has 2 fully saturated rings. The normalized spacial score (nSPS) is 24.5. The SMILES string of the molecule is CCNC(=NCC1CCN(S(C)(=O)=O)C1)N1CCOC(c2ccccc2C)C1. The predicted octanol–water partition coefficient (Wildman–Crippen LogP) is 1.62. The summed E-state index contributed by atoms with van der Waals surface area (Å²) in [4.78, 5) is 7.10. The molecule has 156 valence electrons. The lowest BCUT2D eigenvalue weighted by Crippen LogP contribution is -2.48. The minimum absolute atomic E-state index is 0.0333. The highest BCUT2D eigenvalue weighted by Crippen LogP contribution is 2.25. The van der Waals surface area contributed by atoms with Gasteiger partial charge in [-0.25, -0.2) is 12.7 Å². The quantitative estimate of drug-likeness (QED) is 0.592. The van der Waals surface area contributed by atoms with E-state index in [0.717, 1.165) is 32.0 Å². The summed E-state index contributed by atoms with van der Waals surface area (Å²) < 4.78 is 31.0. The molecule has 3 rings (SSSR count). The van der Waals surface area contributed by atoms with E-state index < -0.39 is 10.0 Å². The molecule has 1 aromatic carbocycles. The molecule has 0 radical (unpaired) electrons. The van der Waals surface area contributed by atoms with E-state index in [4.69, 9.17) is 9.73 Å². The number of hydrogen-bond donors (Lipinski definition) is 1. The maximum Gasteiger partial charge on any atom is 0.211 e. The molecule has 2 heterocycles. The second-order valence-corrected chi connectivity index (χ2v) is 9.61. The number of sulfonamides is 1. The first-order valence-corrected chi connectivity index (χ1v) is 11.9. The molecular weight excluding hydrogens is 376 g/mol. The van der Waals surface area contributed by atoms with Gasteiger partial charge in [-0.2, -0.15) is 0 Å². The van der Waals surface area contributed by atoms with Crippen LogP contribution >= 0.6 is 0 Å². The van der Waals surface area contributed by atoms with Crippen molar-refractivity contribution in [2.45, 2.75) is 26.4 Å². The molecule has 0 saturated carbocycles. The third kappa shape index (κ3) is 5.24. The third-order valence-corrected chi connectivity index (χ3v) is 6.72. The van der Waals surface area contributed by atoms with Crippen LogP contribution in [-0.2, 0) is 14.8 Å². The number of hydrogen-bond acceptors (Lipinski definition) is 4. The molecule has 2 aliphatic rings. The lowest BCUT2D eigenvalue weighted by Gasteiger charge is -2.36. The van der Waals surface area contributed by atoms with E-state index in [1.807, 2.05) is 6.07 Å². The van der Waals surface area contributed by atoms with E-state index in [1.54, 1.807) is 4.31 Å². The Morgan fingerprint density at radius 3 is 2.75 bits per heavy atom. The van der Waals surface area contributed by atoms with Crippen molar-refractivity contribution in [1.29, 1.82) is 0 Å². The Bertz CT molecular complexity index is 796. The highest BCUT2D eigenvalue weighted by molar-refractivity contribution is 7.88. The Balaban J connectivity index is 1.66. The molecule has 0 amide bonds. The van der Waals surface area contributed by atoms with Gasteiger partial charge in [0.1, 0.15) is 6.10 Å². The van der Waals surface area contributed by atoms with Gasteiger partial charge in [-0.05, 0) is 37.3 Å². The third-order valence-electron chi connectivity index (χ3n) is 5.45. The van der Waals surface area contributed by atoms with Crippen molar-refractivity contribution < 1.29 is 13.2 Å². The van der Waals surface area contributed by atoms with Gasteiger partial charge < -0.3 is 15.0 Å². The molecular formula is C20H32N4O3S. The first-order valence-electron chi connectivity index (χ1n) is 10.0. The maximum absolute atomic E-state index is 11.7. The Hall–Kier alpha value is -1.64. The van der Waals surface area contributed by atoms with Gasteiger partial charge in [-0.1, -0.05) is 24.3 Å². The smallest absolute Gasteiger partial charge is 0.211 e. The average Bonchev–Trinajstić information content (AvgIpc) is 3.15. The fourth-order valence-corrected chi connectivity index (χ4v) is 4.79. The number of rotatable bonds is 5. The van der Waals surface area contributed by atoms with Crippen LogP contribution in [-0.4, -0.2) is 75.7 Å². The molecule has 0 aliphatic carbocycles. The predicted molar refractivity (Wildman–Crippen MR) is 112 cm³/mol. The maximum atomic E-state index is 11.7. The standard InChI is InChI=1S/C20H32N4O3S/c1-4-21-20(22-13-17-9-10-24(14-17)28(3,25)26)23-11-12-27-19(15-23)18-8-6-5-7-16(18)2/h5-8,17,19H,4,9-15H2,1-3H3,(H,21,22). The van der Waals surface area contributed by atoms with Gasteiger partial charge in [0.2, 0.25) is 10.0 Å². The van der Waals surface area contributed by atoms with Crippen molar-refractivity contribution in [3.05, 3.63) is 35.4 Å². The second-order valence-electron chi connectivity index (χ2n) is 7.63. The summed E-state index contributed by atoms with van der Waals surface area (Å²) in [6.07, 6.45) is 2.18. The summed E-state index contributed by atoms with van der Waals surface area (Å²) >= 11 is 0. The average molecular weight is 409 g/mol. The topological polar surface area (TPSA) is 74.2 Å². The number of nitrogens with zero attached hydrogens (tertiary/aromatic N) is 3. The fraction of sp³-hybridized carbons (Fsp3) is 0.650. The van der Waals surface area contributed by atoms with Gasteiger partial charge in [-0.3, -0.25) is 4.99 Å². The number of guanidine groups is 1. The highest BCUT2D eigenvalue weighted by atomic mass is 32.2. The summed E-state index contributed by atoms with van der Waals surface area (Å²) in [6, 6.07) is 8.35. The monoisotopic (exact) mass is 408 g/mol. The largest absolute Gasteiger partial charge is 0.370 e. The van der Waals surface area contributed by atoms with E-state index >= 15 is 0 Å². The zero-order valence-electron chi connectivity index (χ0n) is 17.1. The van der Waals surface area contributed by atoms with Gasteiger partial charge in [0.25, 0.3) is 0 Å². The van der Waals surface area contributed by atoms with Gasteiger partial charge in [0, 0.05) is 32.7 Å². The van der Waals surface area contributed by atoms with Crippen LogP contribution in [0.5, 0.6) is 0 Å². The minimum atomic E-state index is -3.10. The molecule has 2 aliphatic heterocycles. The van der Waals surface area contributed by atoms with Crippen molar-refractivity contribution in [3.63, 3.8) is 0 Å². The van der Waals surface area contributed by atoms with Crippen molar-refractivity contribution in [3.8, 4) is 0 Å². The van der Waals surface area contributed by atoms with Crippen molar-refractivity contribution >= 4 is 16.0 Å². The van der Waals surface area contributed by atoms with Crippen LogP contribution in [0.3, 0.4) is 0 Å². The lowest BCUT2D eigenvalue weighted by molar-refractivity contribution is -0.00834. The van der Waals surface area contributed by atoms with Gasteiger partial charge in [-0.15, -0.1) is 0 Å². The van der Waals surface area contributed by atoms with Crippen molar-refractivity contribution in [2.24, 2.45) is 10.9 Å². The van der Waals surface area contributed by atoms with Crippen LogP contribution in [0.25, 0.3) is 0 Å². The van der Waals surface area contributed by atoms with Crippen LogP contribution in [0, 0.1) is 12.8 Å². The van der Waals surface area contributed by atoms with E-state index in [-0.39, 0.29) is 12.0 Å². The molecule has 7 nitrogen and oxygen atoms in total. The zero-order chi connectivity index (χ0) is 20.1. The summed E-state index contributed by atoms with van der Waals surface area (Å²) in [5, 5.41) is 3.39. The fourth-order valence-electron chi connectivity index (χ4n) is 3.87. The first-order chi connectivity index (χ1) is 13.4. The van der Waals surface area contributed by atoms with Crippen LogP contribution < -0.4 is 5.32 Å². The molecule has 2 unspecified atom stereocenters. The van der Waals surface area contributed by atoms with E-state index in [9.17, 15) is 8.42 Å². The molecule has 8 heteroatoms. The van der Waals surface area contributed by atoms with E-state index in [2.05, 4.69) is 42.3 Å². The number of aryl methyl sites for hydroxylation is 1. The highest BCUT2D eigenvalue weighted by Gasteiger charge is 2.29. The van der Waals surface area contributed by atoms with Crippen LogP contribution in [0.2, 0.25) is 0 Å². The van der Waals surface area contributed by atoms with Gasteiger partial charge >= 0.3 is 0 Å². The summed E-state index contributed by atoms with van der Waals surface area (Å²) in [5.74, 6) is 1.17. The molecule has 0 bridgehead atoms. The zero-order valence-corrected chi connectivity index (χ0v) is 17.9. The van der Waals surface area contributed by atoms with Gasteiger partial charge in [0.15, 0.2) is 5.96 Å². The molecule has 2 atom stereocenters. The van der Waals surface area contributed by atoms with E-state index in [1.165, 1.54) is 17.4 Å². The molecule has 1 N–H and O–H groups in total. The second kappa shape index (κ2) is 9.24. The number of aliphatic imine (C=N–C) groups is 1. The van der Waals surface area contributed by atoms with E-state index in [0.29, 0.717) is 26.2 Å². The molecule has 1 aromatic rings. The molecule has 0 spiro atoms. The summed E-state index contributed by atoms with van der Waals surface area (Å²) in [6.45, 7) is 9.01. The van der Waals surface area contributed by atoms with Crippen molar-refractivity contribution in [1.82, 2.24) is 14.5 Å². The Morgan fingerprint density at radius 2 is 2.07 bits per heavy atom. The van der Waals surface area contributed by atoms with Gasteiger partial charge in [0.05, 0.1) is 19.4 Å². The minimum Gasteiger partial charge on any atom is -0.370 e. The number of morpholine rings is 1. The Morgan fingerprint density at radius 1 is 1.29 bits per heavy atom. The molecule has 0 aromatic heterocycles. The van der Waals surface area contributed by atoms with Crippen LogP contribution in [0.1, 0.15) is 30.6 Å². The Kier molecular flexibility index (Phi) is 6.95. The summed E-state index contributed by atoms with van der Waals surface area (Å²) in [7, 11) is -3.10. The number of benzene rings is 1. The number of nitrogens with one attached hydrogen (secondary N) is 1. The number of ether oxygens (including phenoxy) is 1. The Labute approximate surface area is 168 Å². The summed E-state index contributed by atoms with van der Waals surface area (Å²) in [5.41, 5.74) is 2.46. The van der Waals surface area contributed by atoms with Crippen LogP contribution in [0.4, 0.5) is 0 Å². The molecule has 28 heavy (non-hydrogen) atoms. The van der Waals surface area contributed by atoms with Crippen molar-refractivity contribution in [2.75, 3.05) is 52.1 Å².